The summed E-state index contributed by atoms with van der Waals surface area (Å²) < 4.78 is 41.9. The molecule has 0 fully saturated rings. The van der Waals surface area contributed by atoms with Crippen molar-refractivity contribution in [3.63, 3.8) is 0 Å². The van der Waals surface area contributed by atoms with Crippen LogP contribution in [-0.4, -0.2) is 21.3 Å². The highest BCUT2D eigenvalue weighted by atomic mass is 32.2. The molecule has 0 spiro atoms. The van der Waals surface area contributed by atoms with Crippen LogP contribution in [0.2, 0.25) is 0 Å². The molecular weight excluding hydrogens is 259 g/mol. The lowest BCUT2D eigenvalue weighted by atomic mass is 10.3. The second-order valence-electron chi connectivity index (χ2n) is 3.30. The number of carboxylic acid groups (broad SMARTS) is 1. The number of aromatic nitrogens is 1. The summed E-state index contributed by atoms with van der Waals surface area (Å²) in [4.78, 5) is 13.8. The first-order valence-electron chi connectivity index (χ1n) is 4.73. The van der Waals surface area contributed by atoms with Gasteiger partial charge in [0.05, 0.1) is 0 Å². The van der Waals surface area contributed by atoms with E-state index in [4.69, 9.17) is 5.11 Å². The Kier molecular flexibility index (Phi) is 4.07. The summed E-state index contributed by atoms with van der Waals surface area (Å²) >= 11 is 0.971. The molecule has 17 heavy (non-hydrogen) atoms. The minimum atomic E-state index is -4.83. The van der Waals surface area contributed by atoms with Crippen molar-refractivity contribution >= 4 is 17.7 Å². The maximum absolute atomic E-state index is 12.4. The van der Waals surface area contributed by atoms with Crippen molar-refractivity contribution in [1.82, 2.24) is 4.98 Å². The van der Waals surface area contributed by atoms with Crippen LogP contribution in [0.25, 0.3) is 0 Å². The molecule has 1 unspecified atom stereocenters. The fraction of sp³-hybridized carbons (Fsp3) is 0.556. The summed E-state index contributed by atoms with van der Waals surface area (Å²) in [6.45, 7) is 3.63. The molecule has 0 aromatic carbocycles. The number of oxazole rings is 1. The fourth-order valence-electron chi connectivity index (χ4n) is 0.943. The van der Waals surface area contributed by atoms with E-state index in [0.717, 1.165) is 11.8 Å². The third kappa shape index (κ3) is 3.39. The molecular formula is C9H10F3NO3S. The maximum atomic E-state index is 12.4. The predicted octanol–water partition coefficient (Wildman–Crippen LogP) is 3.28. The van der Waals surface area contributed by atoms with E-state index in [9.17, 15) is 18.0 Å². The summed E-state index contributed by atoms with van der Waals surface area (Å²) in [5.74, 6) is -2.94. The van der Waals surface area contributed by atoms with Crippen LogP contribution in [0.5, 0.6) is 0 Å². The number of aromatic carboxylic acids is 1. The zero-order valence-electron chi connectivity index (χ0n) is 9.04. The standard InChI is InChI=1S/C9H10F3NO3S/c1-3-4(2)17-8-13-6(9(10,11)12)5(16-8)7(14)15/h4H,3H2,1-2H3,(H,14,15). The van der Waals surface area contributed by atoms with Gasteiger partial charge in [-0.2, -0.15) is 18.2 Å². The highest BCUT2D eigenvalue weighted by Crippen LogP contribution is 2.35. The van der Waals surface area contributed by atoms with Crippen LogP contribution in [0, 0.1) is 0 Å². The minimum absolute atomic E-state index is 0.00335. The van der Waals surface area contributed by atoms with Gasteiger partial charge in [-0.3, -0.25) is 0 Å². The number of hydrogen-bond acceptors (Lipinski definition) is 4. The average Bonchev–Trinajstić information content (AvgIpc) is 2.61. The Hall–Kier alpha value is -1.18. The highest BCUT2D eigenvalue weighted by Gasteiger charge is 2.41. The number of rotatable bonds is 4. The van der Waals surface area contributed by atoms with E-state index in [1.807, 2.05) is 6.92 Å². The van der Waals surface area contributed by atoms with Crippen LogP contribution in [0.15, 0.2) is 9.64 Å². The molecule has 0 saturated heterocycles. The maximum Gasteiger partial charge on any atom is 0.437 e. The van der Waals surface area contributed by atoms with E-state index in [2.05, 4.69) is 9.40 Å². The van der Waals surface area contributed by atoms with Gasteiger partial charge in [0, 0.05) is 5.25 Å². The smallest absolute Gasteiger partial charge is 0.437 e. The molecule has 0 aliphatic heterocycles. The molecule has 1 N–H and O–H groups in total. The first-order valence-corrected chi connectivity index (χ1v) is 5.61. The molecule has 0 bridgehead atoms. The number of thioether (sulfide) groups is 1. The Labute approximate surface area is 99.2 Å². The van der Waals surface area contributed by atoms with Crippen LogP contribution >= 0.6 is 11.8 Å². The average molecular weight is 269 g/mol. The third-order valence-corrected chi connectivity index (χ3v) is 3.06. The second-order valence-corrected chi connectivity index (χ2v) is 4.69. The molecule has 8 heteroatoms. The van der Waals surface area contributed by atoms with Gasteiger partial charge in [0.25, 0.3) is 5.22 Å². The number of nitrogens with zero attached hydrogens (tertiary/aromatic N) is 1. The second kappa shape index (κ2) is 4.99. The van der Waals surface area contributed by atoms with Gasteiger partial charge in [-0.15, -0.1) is 0 Å². The van der Waals surface area contributed by atoms with E-state index in [-0.39, 0.29) is 10.5 Å². The zero-order valence-corrected chi connectivity index (χ0v) is 9.85. The van der Waals surface area contributed by atoms with Gasteiger partial charge in [0.1, 0.15) is 0 Å². The van der Waals surface area contributed by atoms with Gasteiger partial charge in [0.15, 0.2) is 5.69 Å². The van der Waals surface area contributed by atoms with Crippen molar-refractivity contribution < 1.29 is 27.5 Å². The van der Waals surface area contributed by atoms with Crippen LogP contribution in [0.1, 0.15) is 36.5 Å². The van der Waals surface area contributed by atoms with Crippen molar-refractivity contribution in [2.75, 3.05) is 0 Å². The Morgan fingerprint density at radius 3 is 2.53 bits per heavy atom. The molecule has 1 atom stereocenters. The van der Waals surface area contributed by atoms with Crippen molar-refractivity contribution in [3.8, 4) is 0 Å². The van der Waals surface area contributed by atoms with Gasteiger partial charge < -0.3 is 9.52 Å². The van der Waals surface area contributed by atoms with Gasteiger partial charge in [-0.1, -0.05) is 25.6 Å². The minimum Gasteiger partial charge on any atom is -0.475 e. The van der Waals surface area contributed by atoms with Crippen LogP contribution in [-0.2, 0) is 6.18 Å². The molecule has 0 aliphatic carbocycles. The SMILES string of the molecule is CCC(C)Sc1nc(C(F)(F)F)c(C(=O)O)o1. The van der Waals surface area contributed by atoms with E-state index < -0.39 is 23.6 Å². The quantitative estimate of drug-likeness (QED) is 0.850. The first kappa shape index (κ1) is 13.9. The van der Waals surface area contributed by atoms with Crippen molar-refractivity contribution in [1.29, 1.82) is 0 Å². The summed E-state index contributed by atoms with van der Waals surface area (Å²) in [5, 5.41) is 8.31. The summed E-state index contributed by atoms with van der Waals surface area (Å²) in [7, 11) is 0. The summed E-state index contributed by atoms with van der Waals surface area (Å²) in [5.41, 5.74) is -1.49. The first-order chi connectivity index (χ1) is 7.75. The predicted molar refractivity (Wildman–Crippen MR) is 54.1 cm³/mol. The van der Waals surface area contributed by atoms with Crippen molar-refractivity contribution in [2.24, 2.45) is 0 Å². The van der Waals surface area contributed by atoms with Gasteiger partial charge in [0.2, 0.25) is 5.76 Å². The third-order valence-electron chi connectivity index (χ3n) is 1.95. The van der Waals surface area contributed by atoms with E-state index in [1.165, 1.54) is 0 Å². The largest absolute Gasteiger partial charge is 0.475 e. The highest BCUT2D eigenvalue weighted by molar-refractivity contribution is 7.99. The summed E-state index contributed by atoms with van der Waals surface area (Å²) in [6, 6.07) is 0. The van der Waals surface area contributed by atoms with E-state index in [1.54, 1.807) is 6.92 Å². The molecule has 96 valence electrons. The molecule has 0 radical (unpaired) electrons. The number of carbonyl (C=O) groups is 1. The van der Waals surface area contributed by atoms with Crippen LogP contribution in [0.4, 0.5) is 13.2 Å². The number of halogens is 3. The lowest BCUT2D eigenvalue weighted by Gasteiger charge is -2.02. The number of carboxylic acids is 1. The van der Waals surface area contributed by atoms with Crippen LogP contribution < -0.4 is 0 Å². The Morgan fingerprint density at radius 1 is 1.59 bits per heavy atom. The van der Waals surface area contributed by atoms with Crippen LogP contribution in [0.3, 0.4) is 0 Å². The molecule has 1 heterocycles. The Bertz CT molecular complexity index is 416. The van der Waals surface area contributed by atoms with Gasteiger partial charge in [-0.25, -0.2) is 4.79 Å². The molecule has 0 aliphatic rings. The zero-order chi connectivity index (χ0) is 13.2. The van der Waals surface area contributed by atoms with Gasteiger partial charge >= 0.3 is 12.1 Å². The number of hydrogen-bond donors (Lipinski definition) is 1. The molecule has 1 aromatic rings. The van der Waals surface area contributed by atoms with Gasteiger partial charge in [-0.05, 0) is 6.42 Å². The molecule has 4 nitrogen and oxygen atoms in total. The lowest BCUT2D eigenvalue weighted by Crippen LogP contribution is -2.11. The molecule has 0 amide bonds. The monoisotopic (exact) mass is 269 g/mol. The van der Waals surface area contributed by atoms with E-state index in [0.29, 0.717) is 6.42 Å². The molecule has 1 rings (SSSR count). The summed E-state index contributed by atoms with van der Waals surface area (Å²) in [6.07, 6.45) is -4.12. The van der Waals surface area contributed by atoms with E-state index >= 15 is 0 Å². The normalized spacial score (nSPS) is 13.7. The lowest BCUT2D eigenvalue weighted by molar-refractivity contribution is -0.141. The van der Waals surface area contributed by atoms with Crippen molar-refractivity contribution in [3.05, 3.63) is 11.5 Å². The topological polar surface area (TPSA) is 63.3 Å². The number of alkyl halides is 3. The Balaban J connectivity index is 3.09. The fourth-order valence-corrected chi connectivity index (χ4v) is 1.73. The Morgan fingerprint density at radius 2 is 2.18 bits per heavy atom. The van der Waals surface area contributed by atoms with Crippen molar-refractivity contribution in [2.45, 2.75) is 36.9 Å². The molecule has 0 saturated carbocycles. The molecule has 1 aromatic heterocycles.